The number of alkyl halides is 3. The lowest BCUT2D eigenvalue weighted by atomic mass is 9.81. The number of benzene rings is 1. The van der Waals surface area contributed by atoms with Crippen molar-refractivity contribution in [1.82, 2.24) is 0 Å². The zero-order chi connectivity index (χ0) is 15.4. The van der Waals surface area contributed by atoms with Crippen LogP contribution >= 0.6 is 11.6 Å². The SMILES string of the molecule is C=C(C1CC1)[C@]1(C(F)(F)F)OC(=O)Nc2ccc(Cl)cc21. The number of carbonyl (C=O) groups excluding carboxylic acids is 1. The minimum absolute atomic E-state index is 0.0368. The molecule has 1 aromatic rings. The molecule has 2 aliphatic rings. The van der Waals surface area contributed by atoms with Gasteiger partial charge in [-0.2, -0.15) is 13.2 Å². The highest BCUT2D eigenvalue weighted by atomic mass is 35.5. The molecule has 7 heteroatoms. The van der Waals surface area contributed by atoms with Crippen molar-refractivity contribution < 1.29 is 22.7 Å². The monoisotopic (exact) mass is 317 g/mol. The summed E-state index contributed by atoms with van der Waals surface area (Å²) >= 11 is 5.83. The number of rotatable bonds is 2. The van der Waals surface area contributed by atoms with Crippen molar-refractivity contribution in [2.24, 2.45) is 5.92 Å². The summed E-state index contributed by atoms with van der Waals surface area (Å²) in [7, 11) is 0. The van der Waals surface area contributed by atoms with E-state index in [0.717, 1.165) is 6.07 Å². The van der Waals surface area contributed by atoms with E-state index in [9.17, 15) is 18.0 Å². The lowest BCUT2D eigenvalue weighted by Gasteiger charge is -2.41. The Labute approximate surface area is 123 Å². The van der Waals surface area contributed by atoms with Crippen molar-refractivity contribution >= 4 is 23.4 Å². The first-order chi connectivity index (χ1) is 9.75. The van der Waals surface area contributed by atoms with Crippen LogP contribution in [0.4, 0.5) is 23.7 Å². The molecule has 0 spiro atoms. The van der Waals surface area contributed by atoms with Gasteiger partial charge in [0.15, 0.2) is 0 Å². The predicted octanol–water partition coefficient (Wildman–Crippen LogP) is 4.63. The van der Waals surface area contributed by atoms with Crippen LogP contribution in [0.1, 0.15) is 18.4 Å². The van der Waals surface area contributed by atoms with Crippen molar-refractivity contribution in [2.75, 3.05) is 5.32 Å². The van der Waals surface area contributed by atoms with Crippen LogP contribution in [0.3, 0.4) is 0 Å². The second-order valence-electron chi connectivity index (χ2n) is 5.18. The third-order valence-electron chi connectivity index (χ3n) is 3.76. The van der Waals surface area contributed by atoms with Gasteiger partial charge in [0.25, 0.3) is 5.60 Å². The predicted molar refractivity (Wildman–Crippen MR) is 71.2 cm³/mol. The lowest BCUT2D eigenvalue weighted by molar-refractivity contribution is -0.249. The number of anilines is 1. The molecule has 1 aromatic carbocycles. The molecule has 0 saturated heterocycles. The lowest BCUT2D eigenvalue weighted by Crippen LogP contribution is -2.51. The highest BCUT2D eigenvalue weighted by Gasteiger charge is 2.65. The van der Waals surface area contributed by atoms with Gasteiger partial charge in [0.05, 0.1) is 5.69 Å². The number of hydrogen-bond donors (Lipinski definition) is 1. The van der Waals surface area contributed by atoms with Crippen LogP contribution in [-0.4, -0.2) is 12.3 Å². The molecular weight excluding hydrogens is 307 g/mol. The van der Waals surface area contributed by atoms with Gasteiger partial charge in [-0.15, -0.1) is 0 Å². The summed E-state index contributed by atoms with van der Waals surface area (Å²) < 4.78 is 46.2. The number of carbonyl (C=O) groups is 1. The van der Waals surface area contributed by atoms with Gasteiger partial charge in [0, 0.05) is 10.6 Å². The molecule has 0 bridgehead atoms. The van der Waals surface area contributed by atoms with E-state index in [1.807, 2.05) is 0 Å². The summed E-state index contributed by atoms with van der Waals surface area (Å²) in [6, 6.07) is 3.91. The van der Waals surface area contributed by atoms with Gasteiger partial charge < -0.3 is 4.74 Å². The van der Waals surface area contributed by atoms with E-state index < -0.39 is 17.9 Å². The third kappa shape index (κ3) is 2.09. The molecule has 3 nitrogen and oxygen atoms in total. The fourth-order valence-electron chi connectivity index (χ4n) is 2.60. The number of fused-ring (bicyclic) bond motifs is 1. The minimum atomic E-state index is -4.82. The molecule has 3 rings (SSSR count). The van der Waals surface area contributed by atoms with E-state index in [-0.39, 0.29) is 27.8 Å². The van der Waals surface area contributed by atoms with Gasteiger partial charge in [-0.1, -0.05) is 18.2 Å². The summed E-state index contributed by atoms with van der Waals surface area (Å²) in [6.45, 7) is 3.57. The first-order valence-corrected chi connectivity index (χ1v) is 6.69. The van der Waals surface area contributed by atoms with E-state index in [1.54, 1.807) is 0 Å². The Kier molecular flexibility index (Phi) is 2.99. The minimum Gasteiger partial charge on any atom is -0.423 e. The Morgan fingerprint density at radius 1 is 1.43 bits per heavy atom. The molecule has 1 saturated carbocycles. The van der Waals surface area contributed by atoms with Gasteiger partial charge in [-0.3, -0.25) is 5.32 Å². The normalized spacial score (nSPS) is 24.9. The molecule has 1 N–H and O–H groups in total. The smallest absolute Gasteiger partial charge is 0.423 e. The molecule has 0 aromatic heterocycles. The van der Waals surface area contributed by atoms with Crippen LogP contribution in [0, 0.1) is 5.92 Å². The maximum Gasteiger partial charge on any atom is 0.437 e. The third-order valence-corrected chi connectivity index (χ3v) is 4.00. The van der Waals surface area contributed by atoms with Gasteiger partial charge in [0.2, 0.25) is 0 Å². The summed E-state index contributed by atoms with van der Waals surface area (Å²) in [6.07, 6.45) is -4.75. The van der Waals surface area contributed by atoms with Crippen LogP contribution in [-0.2, 0) is 10.3 Å². The molecule has 1 heterocycles. The second-order valence-corrected chi connectivity index (χ2v) is 5.62. The summed E-state index contributed by atoms with van der Waals surface area (Å²) in [5.74, 6) is -0.302. The first kappa shape index (κ1) is 14.3. The van der Waals surface area contributed by atoms with Crippen molar-refractivity contribution in [3.63, 3.8) is 0 Å². The quantitative estimate of drug-likeness (QED) is 0.808. The van der Waals surface area contributed by atoms with Crippen LogP contribution < -0.4 is 5.32 Å². The molecule has 0 radical (unpaired) electrons. The topological polar surface area (TPSA) is 38.3 Å². The Hall–Kier alpha value is -1.69. The maximum atomic E-state index is 13.8. The summed E-state index contributed by atoms with van der Waals surface area (Å²) in [5, 5.41) is 2.40. The first-order valence-electron chi connectivity index (χ1n) is 6.32. The standard InChI is InChI=1S/C14H11ClF3NO2/c1-7(8-2-3-8)13(14(16,17)18)10-6-9(15)4-5-11(10)19-12(20)21-13/h4-6,8H,1-3H2,(H,19,20)/t13-/m0/s1. The van der Waals surface area contributed by atoms with Gasteiger partial charge in [-0.05, 0) is 42.5 Å². The van der Waals surface area contributed by atoms with Crippen molar-refractivity contribution in [3.05, 3.63) is 40.9 Å². The number of amides is 1. The fraction of sp³-hybridized carbons (Fsp3) is 0.357. The highest BCUT2D eigenvalue weighted by Crippen LogP contribution is 2.57. The van der Waals surface area contributed by atoms with Gasteiger partial charge in [-0.25, -0.2) is 4.79 Å². The van der Waals surface area contributed by atoms with Crippen molar-refractivity contribution in [2.45, 2.75) is 24.6 Å². The Balaban J connectivity index is 2.26. The molecule has 1 aliphatic carbocycles. The fourth-order valence-corrected chi connectivity index (χ4v) is 2.77. The Morgan fingerprint density at radius 3 is 2.67 bits per heavy atom. The number of ether oxygens (including phenoxy) is 1. The van der Waals surface area contributed by atoms with Crippen LogP contribution in [0.15, 0.2) is 30.4 Å². The van der Waals surface area contributed by atoms with Crippen LogP contribution in [0.25, 0.3) is 0 Å². The Bertz CT molecular complexity index is 640. The summed E-state index contributed by atoms with van der Waals surface area (Å²) in [5.41, 5.74) is -3.17. The zero-order valence-electron chi connectivity index (χ0n) is 10.8. The number of hydrogen-bond acceptors (Lipinski definition) is 2. The molecular formula is C14H11ClF3NO2. The number of cyclic esters (lactones) is 1. The molecule has 21 heavy (non-hydrogen) atoms. The van der Waals surface area contributed by atoms with Gasteiger partial charge in [0.1, 0.15) is 0 Å². The largest absolute Gasteiger partial charge is 0.437 e. The van der Waals surface area contributed by atoms with E-state index in [0.29, 0.717) is 12.8 Å². The van der Waals surface area contributed by atoms with Crippen LogP contribution in [0.2, 0.25) is 5.02 Å². The van der Waals surface area contributed by atoms with E-state index >= 15 is 0 Å². The Morgan fingerprint density at radius 2 is 2.10 bits per heavy atom. The zero-order valence-corrected chi connectivity index (χ0v) is 11.5. The van der Waals surface area contributed by atoms with E-state index in [1.165, 1.54) is 12.1 Å². The molecule has 1 amide bonds. The maximum absolute atomic E-state index is 13.8. The molecule has 0 unspecified atom stereocenters. The summed E-state index contributed by atoms with van der Waals surface area (Å²) in [4.78, 5) is 11.6. The molecule has 1 fully saturated rings. The molecule has 1 atom stereocenters. The second kappa shape index (κ2) is 4.40. The number of halogens is 4. The van der Waals surface area contributed by atoms with Crippen molar-refractivity contribution in [3.8, 4) is 0 Å². The molecule has 112 valence electrons. The van der Waals surface area contributed by atoms with Gasteiger partial charge >= 0.3 is 12.3 Å². The average Bonchev–Trinajstić information content (AvgIpc) is 3.20. The van der Waals surface area contributed by atoms with Crippen LogP contribution in [0.5, 0.6) is 0 Å². The average molecular weight is 318 g/mol. The number of nitrogens with one attached hydrogen (secondary N) is 1. The van der Waals surface area contributed by atoms with E-state index in [4.69, 9.17) is 16.3 Å². The van der Waals surface area contributed by atoms with E-state index in [2.05, 4.69) is 11.9 Å². The molecule has 1 aliphatic heterocycles. The highest BCUT2D eigenvalue weighted by molar-refractivity contribution is 6.30. The van der Waals surface area contributed by atoms with Crippen molar-refractivity contribution in [1.29, 1.82) is 0 Å².